The van der Waals surface area contributed by atoms with E-state index in [1.807, 2.05) is 0 Å². The van der Waals surface area contributed by atoms with Crippen molar-refractivity contribution in [2.75, 3.05) is 19.7 Å². The quantitative estimate of drug-likeness (QED) is 0.459. The molecule has 0 saturated heterocycles. The number of amides is 1. The van der Waals surface area contributed by atoms with Crippen molar-refractivity contribution in [3.63, 3.8) is 0 Å². The molecule has 1 aromatic rings. The second kappa shape index (κ2) is 9.46. The molecule has 0 bridgehead atoms. The number of rotatable bonds is 9. The number of esters is 1. The number of carbonyl (C=O) groups is 3. The van der Waals surface area contributed by atoms with Gasteiger partial charge in [0.15, 0.2) is 12.4 Å². The fourth-order valence-corrected chi connectivity index (χ4v) is 2.74. The average molecular weight is 410 g/mol. The van der Waals surface area contributed by atoms with Crippen LogP contribution in [-0.4, -0.2) is 52.0 Å². The van der Waals surface area contributed by atoms with E-state index in [4.69, 9.17) is 0 Å². The first-order valence-electron chi connectivity index (χ1n) is 7.50. The van der Waals surface area contributed by atoms with Crippen LogP contribution >= 0.6 is 0 Å². The number of halogens is 3. The number of ether oxygens (including phenoxy) is 1. The molecule has 0 atom stereocenters. The number of benzene rings is 1. The van der Waals surface area contributed by atoms with Crippen LogP contribution in [0.5, 0.6) is 0 Å². The predicted octanol–water partition coefficient (Wildman–Crippen LogP) is 0.779. The summed E-state index contributed by atoms with van der Waals surface area (Å²) in [5.74, 6) is -2.33. The lowest BCUT2D eigenvalue weighted by molar-refractivity contribution is -0.151. The third-order valence-corrected chi connectivity index (χ3v) is 4.52. The van der Waals surface area contributed by atoms with E-state index in [1.54, 1.807) is 0 Å². The van der Waals surface area contributed by atoms with Crippen LogP contribution in [-0.2, 0) is 24.3 Å². The number of carbonyl (C=O) groups excluding carboxylic acids is 3. The summed E-state index contributed by atoms with van der Waals surface area (Å²) in [6, 6.07) is 5.13. The first-order chi connectivity index (χ1) is 12.4. The summed E-state index contributed by atoms with van der Waals surface area (Å²) < 4.78 is 66.3. The van der Waals surface area contributed by atoms with Crippen LogP contribution in [0, 0.1) is 0 Å². The summed E-state index contributed by atoms with van der Waals surface area (Å²) in [4.78, 5) is 33.5. The van der Waals surface area contributed by atoms with E-state index in [1.165, 1.54) is 36.5 Å². The minimum absolute atomic E-state index is 0.118. The van der Waals surface area contributed by atoms with Gasteiger partial charge in [-0.2, -0.15) is 13.2 Å². The highest BCUT2D eigenvalue weighted by molar-refractivity contribution is 7.89. The lowest BCUT2D eigenvalue weighted by atomic mass is 10.2. The van der Waals surface area contributed by atoms with Gasteiger partial charge in [-0.05, 0) is 19.1 Å². The van der Waals surface area contributed by atoms with Gasteiger partial charge in [0.2, 0.25) is 10.0 Å². The summed E-state index contributed by atoms with van der Waals surface area (Å²) in [5.41, 5.74) is 0.335. The molecule has 0 heterocycles. The van der Waals surface area contributed by atoms with Crippen LogP contribution in [0.3, 0.4) is 0 Å². The van der Waals surface area contributed by atoms with Crippen LogP contribution in [0.2, 0.25) is 0 Å². The minimum atomic E-state index is -4.58. The maximum atomic E-state index is 12.0. The normalized spacial score (nSPS) is 11.7. The van der Waals surface area contributed by atoms with Gasteiger partial charge in [0, 0.05) is 12.1 Å². The van der Waals surface area contributed by atoms with Crippen molar-refractivity contribution < 1.29 is 40.7 Å². The maximum absolute atomic E-state index is 12.0. The molecule has 1 rings (SSSR count). The molecule has 1 aromatic carbocycles. The Morgan fingerprint density at radius 2 is 1.70 bits per heavy atom. The molecule has 0 saturated carbocycles. The largest absolute Gasteiger partial charge is 0.456 e. The van der Waals surface area contributed by atoms with Gasteiger partial charge in [-0.15, -0.1) is 0 Å². The Bertz CT molecular complexity index is 791. The van der Waals surface area contributed by atoms with Crippen LogP contribution < -0.4 is 10.0 Å². The number of sulfonamides is 1. The van der Waals surface area contributed by atoms with Crippen molar-refractivity contribution in [2.45, 2.75) is 24.4 Å². The van der Waals surface area contributed by atoms with Gasteiger partial charge in [0.1, 0.15) is 6.54 Å². The van der Waals surface area contributed by atoms with E-state index in [2.05, 4.69) is 9.46 Å². The van der Waals surface area contributed by atoms with E-state index in [0.717, 1.165) is 0 Å². The van der Waals surface area contributed by atoms with E-state index >= 15 is 0 Å². The van der Waals surface area contributed by atoms with Crippen LogP contribution in [0.4, 0.5) is 13.2 Å². The zero-order chi connectivity index (χ0) is 20.7. The Morgan fingerprint density at radius 1 is 1.11 bits per heavy atom. The highest BCUT2D eigenvalue weighted by Gasteiger charge is 2.27. The molecule has 0 aliphatic rings. The van der Waals surface area contributed by atoms with Gasteiger partial charge in [0.25, 0.3) is 5.91 Å². The van der Waals surface area contributed by atoms with Crippen molar-refractivity contribution in [1.29, 1.82) is 0 Å². The Labute approximate surface area is 153 Å². The van der Waals surface area contributed by atoms with Gasteiger partial charge in [-0.25, -0.2) is 13.1 Å². The van der Waals surface area contributed by atoms with Gasteiger partial charge in [-0.3, -0.25) is 14.4 Å². The highest BCUT2D eigenvalue weighted by Crippen LogP contribution is 2.12. The first-order valence-corrected chi connectivity index (χ1v) is 8.99. The second-order valence-corrected chi connectivity index (χ2v) is 7.05. The van der Waals surface area contributed by atoms with Crippen molar-refractivity contribution in [3.05, 3.63) is 29.8 Å². The SMILES string of the molecule is CC(=O)c1ccc(S(=O)(=O)NCCC(=O)OCC(=O)NCC(F)(F)F)cc1. The number of nitrogens with one attached hydrogen (secondary N) is 2. The molecule has 0 aliphatic carbocycles. The summed E-state index contributed by atoms with van der Waals surface area (Å²) in [6.45, 7) is -1.48. The molecule has 0 unspecified atom stereocenters. The number of ketones is 1. The number of alkyl halides is 3. The summed E-state index contributed by atoms with van der Waals surface area (Å²) in [6.07, 6.45) is -5.02. The Balaban J connectivity index is 2.39. The van der Waals surface area contributed by atoms with Crippen LogP contribution in [0.1, 0.15) is 23.7 Å². The van der Waals surface area contributed by atoms with Crippen LogP contribution in [0.25, 0.3) is 0 Å². The number of hydrogen-bond acceptors (Lipinski definition) is 6. The number of hydrogen-bond donors (Lipinski definition) is 2. The van der Waals surface area contributed by atoms with Crippen LogP contribution in [0.15, 0.2) is 29.2 Å². The standard InChI is InChI=1S/C15H17F3N2O6S/c1-10(21)11-2-4-12(5-3-11)27(24,25)20-7-6-14(23)26-8-13(22)19-9-15(16,17)18/h2-5,20H,6-9H2,1H3,(H,19,22). The predicted molar refractivity (Wildman–Crippen MR) is 86.3 cm³/mol. The summed E-state index contributed by atoms with van der Waals surface area (Å²) in [7, 11) is -3.93. The van der Waals surface area contributed by atoms with E-state index in [9.17, 15) is 36.0 Å². The van der Waals surface area contributed by atoms with Crippen molar-refractivity contribution in [3.8, 4) is 0 Å². The molecule has 12 heteroatoms. The molecule has 0 radical (unpaired) electrons. The lowest BCUT2D eigenvalue weighted by Crippen LogP contribution is -2.36. The third kappa shape index (κ3) is 8.64. The Kier molecular flexibility index (Phi) is 7.91. The van der Waals surface area contributed by atoms with Gasteiger partial charge >= 0.3 is 12.1 Å². The summed E-state index contributed by atoms with van der Waals surface area (Å²) >= 11 is 0. The molecule has 0 aliphatic heterocycles. The highest BCUT2D eigenvalue weighted by atomic mass is 32.2. The Morgan fingerprint density at radius 3 is 2.22 bits per heavy atom. The summed E-state index contributed by atoms with van der Waals surface area (Å²) in [5, 5.41) is 1.52. The molecule has 0 aromatic heterocycles. The molecule has 0 fully saturated rings. The van der Waals surface area contributed by atoms with E-state index in [0.29, 0.717) is 5.56 Å². The van der Waals surface area contributed by atoms with Gasteiger partial charge < -0.3 is 10.1 Å². The lowest BCUT2D eigenvalue weighted by Gasteiger charge is -2.09. The molecule has 0 spiro atoms. The molecule has 1 amide bonds. The zero-order valence-electron chi connectivity index (χ0n) is 14.1. The second-order valence-electron chi connectivity index (χ2n) is 5.28. The molecule has 27 heavy (non-hydrogen) atoms. The van der Waals surface area contributed by atoms with Crippen molar-refractivity contribution in [1.82, 2.24) is 10.0 Å². The van der Waals surface area contributed by atoms with Gasteiger partial charge in [0.05, 0.1) is 11.3 Å². The molecular weight excluding hydrogens is 393 g/mol. The topological polar surface area (TPSA) is 119 Å². The van der Waals surface area contributed by atoms with Crippen molar-refractivity contribution in [2.24, 2.45) is 0 Å². The average Bonchev–Trinajstić information content (AvgIpc) is 2.57. The van der Waals surface area contributed by atoms with Gasteiger partial charge in [-0.1, -0.05) is 12.1 Å². The number of Topliss-reactive ketones (excluding diaryl/α,β-unsaturated/α-hetero) is 1. The van der Waals surface area contributed by atoms with Crippen molar-refractivity contribution >= 4 is 27.7 Å². The zero-order valence-corrected chi connectivity index (χ0v) is 14.9. The monoisotopic (exact) mass is 410 g/mol. The third-order valence-electron chi connectivity index (χ3n) is 3.04. The molecule has 8 nitrogen and oxygen atoms in total. The minimum Gasteiger partial charge on any atom is -0.456 e. The smallest absolute Gasteiger partial charge is 0.405 e. The molecule has 150 valence electrons. The first kappa shape index (κ1) is 22.6. The van der Waals surface area contributed by atoms with E-state index < -0.39 is 47.6 Å². The fraction of sp³-hybridized carbons (Fsp3) is 0.400. The Hall–Kier alpha value is -2.47. The fourth-order valence-electron chi connectivity index (χ4n) is 1.71. The maximum Gasteiger partial charge on any atom is 0.405 e. The molecule has 2 N–H and O–H groups in total. The van der Waals surface area contributed by atoms with E-state index in [-0.39, 0.29) is 17.2 Å². The molecular formula is C15H17F3N2O6S.